The Kier molecular flexibility index (Phi) is 3.94. The number of allylic oxidation sites excluding steroid dienone is 2. The SMILES string of the molecule is CC(C)=C(C)CC(C)c1ccccc1. The molecule has 0 heteroatoms. The Labute approximate surface area is 87.7 Å². The Morgan fingerprint density at radius 2 is 1.64 bits per heavy atom. The molecule has 0 heterocycles. The average molecular weight is 188 g/mol. The van der Waals surface area contributed by atoms with Crippen LogP contribution in [0.4, 0.5) is 0 Å². The molecule has 76 valence electrons. The summed E-state index contributed by atoms with van der Waals surface area (Å²) >= 11 is 0. The highest BCUT2D eigenvalue weighted by Gasteiger charge is 2.05. The second-order valence-corrected chi connectivity index (χ2v) is 4.30. The topological polar surface area (TPSA) is 0 Å². The molecule has 0 saturated heterocycles. The van der Waals surface area contributed by atoms with Crippen molar-refractivity contribution >= 4 is 0 Å². The quantitative estimate of drug-likeness (QED) is 0.611. The summed E-state index contributed by atoms with van der Waals surface area (Å²) in [7, 11) is 0. The van der Waals surface area contributed by atoms with Crippen LogP contribution in [0.5, 0.6) is 0 Å². The van der Waals surface area contributed by atoms with Gasteiger partial charge in [-0.3, -0.25) is 0 Å². The lowest BCUT2D eigenvalue weighted by atomic mass is 9.93. The largest absolute Gasteiger partial charge is 0.0775 e. The van der Waals surface area contributed by atoms with Gasteiger partial charge in [-0.2, -0.15) is 0 Å². The van der Waals surface area contributed by atoms with Gasteiger partial charge in [-0.05, 0) is 38.7 Å². The van der Waals surface area contributed by atoms with Gasteiger partial charge in [0.2, 0.25) is 0 Å². The highest BCUT2D eigenvalue weighted by atomic mass is 14.1. The van der Waals surface area contributed by atoms with Crippen molar-refractivity contribution < 1.29 is 0 Å². The van der Waals surface area contributed by atoms with Crippen LogP contribution in [0.3, 0.4) is 0 Å². The Bertz CT molecular complexity index is 302. The van der Waals surface area contributed by atoms with Crippen molar-refractivity contribution in [2.24, 2.45) is 0 Å². The Morgan fingerprint density at radius 1 is 1.07 bits per heavy atom. The van der Waals surface area contributed by atoms with Crippen LogP contribution < -0.4 is 0 Å². The first-order valence-electron chi connectivity index (χ1n) is 5.29. The normalized spacial score (nSPS) is 12.3. The van der Waals surface area contributed by atoms with E-state index >= 15 is 0 Å². The zero-order valence-corrected chi connectivity index (χ0v) is 9.67. The molecule has 1 rings (SSSR count). The van der Waals surface area contributed by atoms with Gasteiger partial charge in [-0.25, -0.2) is 0 Å². The summed E-state index contributed by atoms with van der Waals surface area (Å²) in [4.78, 5) is 0. The van der Waals surface area contributed by atoms with Gasteiger partial charge in [0.05, 0.1) is 0 Å². The van der Waals surface area contributed by atoms with Gasteiger partial charge in [0.15, 0.2) is 0 Å². The maximum Gasteiger partial charge on any atom is -0.0153 e. The number of hydrogen-bond acceptors (Lipinski definition) is 0. The fourth-order valence-corrected chi connectivity index (χ4v) is 1.56. The fraction of sp³-hybridized carbons (Fsp3) is 0.429. The van der Waals surface area contributed by atoms with Gasteiger partial charge >= 0.3 is 0 Å². The third-order valence-electron chi connectivity index (χ3n) is 2.83. The van der Waals surface area contributed by atoms with E-state index in [1.165, 1.54) is 23.1 Å². The van der Waals surface area contributed by atoms with Crippen molar-refractivity contribution in [3.05, 3.63) is 47.0 Å². The number of rotatable bonds is 3. The molecule has 0 amide bonds. The van der Waals surface area contributed by atoms with Gasteiger partial charge in [-0.15, -0.1) is 0 Å². The lowest BCUT2D eigenvalue weighted by Crippen LogP contribution is -1.94. The number of hydrogen-bond donors (Lipinski definition) is 0. The van der Waals surface area contributed by atoms with E-state index in [4.69, 9.17) is 0 Å². The van der Waals surface area contributed by atoms with Crippen LogP contribution in [-0.2, 0) is 0 Å². The van der Waals surface area contributed by atoms with Crippen LogP contribution in [0, 0.1) is 0 Å². The van der Waals surface area contributed by atoms with E-state index < -0.39 is 0 Å². The molecule has 0 bridgehead atoms. The molecule has 0 saturated carbocycles. The van der Waals surface area contributed by atoms with Crippen LogP contribution in [0.15, 0.2) is 41.5 Å². The number of benzene rings is 1. The highest BCUT2D eigenvalue weighted by molar-refractivity contribution is 5.21. The van der Waals surface area contributed by atoms with Gasteiger partial charge in [0.1, 0.15) is 0 Å². The zero-order chi connectivity index (χ0) is 10.6. The molecule has 0 aliphatic rings. The highest BCUT2D eigenvalue weighted by Crippen LogP contribution is 2.23. The second kappa shape index (κ2) is 4.99. The Hall–Kier alpha value is -1.04. The predicted octanol–water partition coefficient (Wildman–Crippen LogP) is 4.54. The summed E-state index contributed by atoms with van der Waals surface area (Å²) in [5, 5.41) is 0. The minimum atomic E-state index is 0.631. The maximum absolute atomic E-state index is 2.29. The first kappa shape index (κ1) is 11.0. The molecule has 0 N–H and O–H groups in total. The lowest BCUT2D eigenvalue weighted by Gasteiger charge is -2.13. The molecular weight excluding hydrogens is 168 g/mol. The summed E-state index contributed by atoms with van der Waals surface area (Å²) < 4.78 is 0. The Balaban J connectivity index is 2.69. The minimum Gasteiger partial charge on any atom is -0.0775 e. The molecule has 0 nitrogen and oxygen atoms in total. The summed E-state index contributed by atoms with van der Waals surface area (Å²) in [6.45, 7) is 8.90. The second-order valence-electron chi connectivity index (χ2n) is 4.30. The summed E-state index contributed by atoms with van der Waals surface area (Å²) in [6, 6.07) is 10.7. The van der Waals surface area contributed by atoms with E-state index in [0.29, 0.717) is 5.92 Å². The van der Waals surface area contributed by atoms with E-state index in [0.717, 1.165) is 0 Å². The summed E-state index contributed by atoms with van der Waals surface area (Å²) in [5.74, 6) is 0.631. The van der Waals surface area contributed by atoms with E-state index in [9.17, 15) is 0 Å². The Morgan fingerprint density at radius 3 is 2.14 bits per heavy atom. The van der Waals surface area contributed by atoms with Crippen LogP contribution in [0.2, 0.25) is 0 Å². The molecule has 0 radical (unpaired) electrons. The molecule has 0 spiro atoms. The molecule has 1 aromatic carbocycles. The first-order chi connectivity index (χ1) is 6.61. The molecule has 0 aliphatic heterocycles. The summed E-state index contributed by atoms with van der Waals surface area (Å²) in [5.41, 5.74) is 4.40. The molecule has 1 atom stereocenters. The van der Waals surface area contributed by atoms with E-state index in [2.05, 4.69) is 58.0 Å². The van der Waals surface area contributed by atoms with Crippen LogP contribution in [0.1, 0.15) is 45.6 Å². The van der Waals surface area contributed by atoms with Crippen molar-refractivity contribution in [2.75, 3.05) is 0 Å². The minimum absolute atomic E-state index is 0.631. The van der Waals surface area contributed by atoms with Crippen molar-refractivity contribution in [3.63, 3.8) is 0 Å². The third-order valence-corrected chi connectivity index (χ3v) is 2.83. The first-order valence-corrected chi connectivity index (χ1v) is 5.29. The molecule has 0 aromatic heterocycles. The van der Waals surface area contributed by atoms with Gasteiger partial charge < -0.3 is 0 Å². The van der Waals surface area contributed by atoms with Crippen molar-refractivity contribution in [2.45, 2.75) is 40.0 Å². The molecule has 1 unspecified atom stereocenters. The molecule has 1 aromatic rings. The van der Waals surface area contributed by atoms with Crippen LogP contribution in [-0.4, -0.2) is 0 Å². The van der Waals surface area contributed by atoms with Gasteiger partial charge in [0.25, 0.3) is 0 Å². The average Bonchev–Trinajstić information content (AvgIpc) is 2.19. The monoisotopic (exact) mass is 188 g/mol. The smallest absolute Gasteiger partial charge is 0.0153 e. The fourth-order valence-electron chi connectivity index (χ4n) is 1.56. The van der Waals surface area contributed by atoms with Gasteiger partial charge in [0, 0.05) is 0 Å². The van der Waals surface area contributed by atoms with Crippen LogP contribution >= 0.6 is 0 Å². The van der Waals surface area contributed by atoms with Gasteiger partial charge in [-0.1, -0.05) is 48.4 Å². The van der Waals surface area contributed by atoms with Crippen LogP contribution in [0.25, 0.3) is 0 Å². The zero-order valence-electron chi connectivity index (χ0n) is 9.67. The van der Waals surface area contributed by atoms with Crippen molar-refractivity contribution in [3.8, 4) is 0 Å². The van der Waals surface area contributed by atoms with Crippen molar-refractivity contribution in [1.82, 2.24) is 0 Å². The molecule has 0 fully saturated rings. The molecule has 14 heavy (non-hydrogen) atoms. The molecule has 0 aliphatic carbocycles. The predicted molar refractivity (Wildman–Crippen MR) is 63.5 cm³/mol. The lowest BCUT2D eigenvalue weighted by molar-refractivity contribution is 0.745. The van der Waals surface area contributed by atoms with E-state index in [1.807, 2.05) is 0 Å². The maximum atomic E-state index is 2.29. The standard InChI is InChI=1S/C14H20/c1-11(2)12(3)10-13(4)14-8-6-5-7-9-14/h5-9,13H,10H2,1-4H3. The van der Waals surface area contributed by atoms with E-state index in [-0.39, 0.29) is 0 Å². The van der Waals surface area contributed by atoms with E-state index in [1.54, 1.807) is 0 Å². The molecular formula is C14H20. The third kappa shape index (κ3) is 3.02. The summed E-state index contributed by atoms with van der Waals surface area (Å²) in [6.07, 6.45) is 1.17. The van der Waals surface area contributed by atoms with Crippen molar-refractivity contribution in [1.29, 1.82) is 0 Å².